The summed E-state index contributed by atoms with van der Waals surface area (Å²) in [5, 5.41) is 12.4. The number of aliphatic imine (C=N–C) groups is 1. The van der Waals surface area contributed by atoms with Gasteiger partial charge in [0, 0.05) is 0 Å². The molecular formula is C5HF6N3O2. The quantitative estimate of drug-likeness (QED) is 0.719. The summed E-state index contributed by atoms with van der Waals surface area (Å²) in [5.41, 5.74) is -4.20. The number of hydrogen-bond acceptors (Lipinski definition) is 4. The van der Waals surface area contributed by atoms with Gasteiger partial charge in [-0.1, -0.05) is 0 Å². The predicted molar refractivity (Wildman–Crippen MR) is 34.8 cm³/mol. The summed E-state index contributed by atoms with van der Waals surface area (Å²) in [5.74, 6) is -4.91. The highest BCUT2D eigenvalue weighted by Gasteiger charge is 2.66. The van der Waals surface area contributed by atoms with Crippen molar-refractivity contribution < 1.29 is 36.2 Å². The van der Waals surface area contributed by atoms with Gasteiger partial charge in [-0.2, -0.15) is 26.3 Å². The Labute approximate surface area is 82.5 Å². The van der Waals surface area contributed by atoms with E-state index in [1.165, 1.54) is 0 Å². The van der Waals surface area contributed by atoms with Crippen LogP contribution in [0.5, 0.6) is 0 Å². The molecule has 1 aliphatic heterocycles. The molecule has 16 heavy (non-hydrogen) atoms. The van der Waals surface area contributed by atoms with Crippen LogP contribution in [0.4, 0.5) is 26.3 Å². The van der Waals surface area contributed by atoms with E-state index in [1.807, 2.05) is 4.99 Å². The van der Waals surface area contributed by atoms with Gasteiger partial charge in [0.1, 0.15) is 0 Å². The lowest BCUT2D eigenvalue weighted by Crippen LogP contribution is -2.48. The first-order valence-corrected chi connectivity index (χ1v) is 3.41. The Morgan fingerprint density at radius 1 is 1.19 bits per heavy atom. The number of nitrogens with zero attached hydrogens (tertiary/aromatic N) is 3. The second-order valence-electron chi connectivity index (χ2n) is 2.61. The first-order chi connectivity index (χ1) is 7.01. The Morgan fingerprint density at radius 3 is 1.88 bits per heavy atom. The van der Waals surface area contributed by atoms with Crippen LogP contribution in [-0.2, 0) is 4.79 Å². The van der Waals surface area contributed by atoms with Crippen LogP contribution in [0.1, 0.15) is 0 Å². The fourth-order valence-corrected chi connectivity index (χ4v) is 0.770. The van der Waals surface area contributed by atoms with Crippen molar-refractivity contribution in [2.75, 3.05) is 0 Å². The first-order valence-electron chi connectivity index (χ1n) is 3.41. The molecule has 0 aromatic rings. The summed E-state index contributed by atoms with van der Waals surface area (Å²) in [4.78, 5) is 12.3. The van der Waals surface area contributed by atoms with Gasteiger partial charge in [0.2, 0.25) is 0 Å². The number of alkyl halides is 6. The molecule has 0 amide bonds. The average Bonchev–Trinajstić information content (AvgIpc) is 2.45. The van der Waals surface area contributed by atoms with Crippen LogP contribution in [0.2, 0.25) is 0 Å². The van der Waals surface area contributed by atoms with Crippen LogP contribution in [0, 0.1) is 0 Å². The van der Waals surface area contributed by atoms with E-state index in [0.29, 0.717) is 0 Å². The van der Waals surface area contributed by atoms with Crippen molar-refractivity contribution in [3.63, 3.8) is 0 Å². The highest BCUT2D eigenvalue weighted by Crippen LogP contribution is 2.40. The van der Waals surface area contributed by atoms with Gasteiger partial charge in [-0.25, -0.2) is 9.79 Å². The summed E-state index contributed by atoms with van der Waals surface area (Å²) < 4.78 is 72.4. The van der Waals surface area contributed by atoms with Gasteiger partial charge in [0.25, 0.3) is 5.84 Å². The van der Waals surface area contributed by atoms with Crippen molar-refractivity contribution in [3.05, 3.63) is 0 Å². The van der Waals surface area contributed by atoms with Crippen LogP contribution in [0.25, 0.3) is 0 Å². The van der Waals surface area contributed by atoms with E-state index in [2.05, 4.69) is 10.2 Å². The first kappa shape index (κ1) is 12.4. The molecular weight excluding hydrogens is 248 g/mol. The topological polar surface area (TPSA) is 74.4 Å². The molecule has 1 rings (SSSR count). The Bertz CT molecular complexity index is 383. The molecule has 0 aromatic carbocycles. The van der Waals surface area contributed by atoms with Gasteiger partial charge in [0.15, 0.2) is 0 Å². The van der Waals surface area contributed by atoms with Crippen molar-refractivity contribution in [1.82, 2.24) is 0 Å². The highest BCUT2D eigenvalue weighted by molar-refractivity contribution is 5.94. The maximum Gasteiger partial charge on any atom is 0.453 e. The molecule has 1 unspecified atom stereocenters. The Kier molecular flexibility index (Phi) is 2.44. The second kappa shape index (κ2) is 3.15. The molecule has 0 radical (unpaired) electrons. The van der Waals surface area contributed by atoms with Crippen molar-refractivity contribution in [2.24, 2.45) is 15.2 Å². The molecule has 1 N–H and O–H groups in total. The molecule has 0 spiro atoms. The monoisotopic (exact) mass is 249 g/mol. The second-order valence-corrected chi connectivity index (χ2v) is 2.61. The fraction of sp³-hybridized carbons (Fsp3) is 0.600. The van der Waals surface area contributed by atoms with Gasteiger partial charge < -0.3 is 5.11 Å². The Hall–Kier alpha value is -1.68. The number of hydrogen-bond donors (Lipinski definition) is 1. The van der Waals surface area contributed by atoms with Crippen molar-refractivity contribution in [1.29, 1.82) is 0 Å². The molecule has 0 saturated heterocycles. The fourth-order valence-electron chi connectivity index (χ4n) is 0.770. The van der Waals surface area contributed by atoms with Gasteiger partial charge >= 0.3 is 24.0 Å². The normalized spacial score (nSPS) is 25.8. The third-order valence-electron chi connectivity index (χ3n) is 1.50. The van der Waals surface area contributed by atoms with E-state index in [0.717, 1.165) is 0 Å². The van der Waals surface area contributed by atoms with Crippen molar-refractivity contribution >= 4 is 11.8 Å². The van der Waals surface area contributed by atoms with E-state index in [9.17, 15) is 31.1 Å². The minimum atomic E-state index is -5.60. The van der Waals surface area contributed by atoms with E-state index in [1.54, 1.807) is 0 Å². The van der Waals surface area contributed by atoms with Crippen LogP contribution in [0.3, 0.4) is 0 Å². The van der Waals surface area contributed by atoms with E-state index in [4.69, 9.17) is 5.11 Å². The molecule has 0 saturated carbocycles. The smallest absolute Gasteiger partial charge is 0.453 e. The number of aliphatic carboxylic acids is 1. The highest BCUT2D eigenvalue weighted by atomic mass is 19.4. The standard InChI is InChI=1S/C5HF6N3O2/c6-4(7,8)1-12-3(2(15)16,14-13-1)5(9,10)11/h(H,15,16). The molecule has 1 atom stereocenters. The van der Waals surface area contributed by atoms with Crippen molar-refractivity contribution in [2.45, 2.75) is 18.0 Å². The molecule has 90 valence electrons. The van der Waals surface area contributed by atoms with E-state index in [-0.39, 0.29) is 0 Å². The Morgan fingerprint density at radius 2 is 1.69 bits per heavy atom. The third kappa shape index (κ3) is 1.72. The van der Waals surface area contributed by atoms with E-state index < -0.39 is 29.8 Å². The number of halogens is 6. The van der Waals surface area contributed by atoms with Crippen molar-refractivity contribution in [3.8, 4) is 0 Å². The summed E-state index contributed by atoms with van der Waals surface area (Å²) >= 11 is 0. The molecule has 0 fully saturated rings. The average molecular weight is 249 g/mol. The number of amidine groups is 1. The summed E-state index contributed by atoms with van der Waals surface area (Å²) in [7, 11) is 0. The number of carbonyl (C=O) groups is 1. The van der Waals surface area contributed by atoms with Gasteiger partial charge in [-0.3, -0.25) is 0 Å². The lowest BCUT2D eigenvalue weighted by Gasteiger charge is -2.18. The maximum absolute atomic E-state index is 12.2. The number of carboxylic acids is 1. The lowest BCUT2D eigenvalue weighted by molar-refractivity contribution is -0.199. The molecule has 1 heterocycles. The van der Waals surface area contributed by atoms with Crippen LogP contribution < -0.4 is 0 Å². The third-order valence-corrected chi connectivity index (χ3v) is 1.50. The zero-order chi connectivity index (χ0) is 12.8. The molecule has 1 aliphatic rings. The number of carboxylic acid groups (broad SMARTS) is 1. The summed E-state index contributed by atoms with van der Waals surface area (Å²) in [6, 6.07) is 0. The maximum atomic E-state index is 12.2. The van der Waals surface area contributed by atoms with Gasteiger partial charge in [-0.15, -0.1) is 10.2 Å². The van der Waals surface area contributed by atoms with Gasteiger partial charge in [-0.05, 0) is 0 Å². The number of rotatable bonds is 1. The summed E-state index contributed by atoms with van der Waals surface area (Å²) in [6.45, 7) is 0. The van der Waals surface area contributed by atoms with Crippen LogP contribution >= 0.6 is 0 Å². The largest absolute Gasteiger partial charge is 0.478 e. The minimum Gasteiger partial charge on any atom is -0.478 e. The molecule has 0 aliphatic carbocycles. The minimum absolute atomic E-state index is 2.00. The zero-order valence-corrected chi connectivity index (χ0v) is 6.96. The lowest BCUT2D eigenvalue weighted by atomic mass is 10.2. The molecule has 0 aromatic heterocycles. The molecule has 0 bridgehead atoms. The number of azo groups is 1. The van der Waals surface area contributed by atoms with Gasteiger partial charge in [0.05, 0.1) is 0 Å². The SMILES string of the molecule is O=C(O)C1(C(F)(F)F)N=NC(C(F)(F)F)=N1. The van der Waals surface area contributed by atoms with Crippen LogP contribution in [-0.4, -0.2) is 34.9 Å². The summed E-state index contributed by atoms with van der Waals surface area (Å²) in [6.07, 6.45) is -10.9. The molecule has 11 heteroatoms. The Balaban J connectivity index is 3.28. The molecule has 5 nitrogen and oxygen atoms in total. The predicted octanol–water partition coefficient (Wildman–Crippen LogP) is 1.76. The zero-order valence-electron chi connectivity index (χ0n) is 6.96. The van der Waals surface area contributed by atoms with Crippen LogP contribution in [0.15, 0.2) is 15.2 Å². The van der Waals surface area contributed by atoms with E-state index >= 15 is 0 Å².